The van der Waals surface area contributed by atoms with Crippen molar-refractivity contribution in [3.05, 3.63) is 53.7 Å². The third-order valence-electron chi connectivity index (χ3n) is 4.56. The standard InChI is InChI=1S/C19H24N4O/c1-3-17-14-22(18-10-9-15(2)20-21-18)12-11-19(24)23(17)13-16-7-5-4-6-8-16/h4-10,17H,3,11-14H2,1-2H3/t17-/m0/s1. The Morgan fingerprint density at radius 2 is 1.92 bits per heavy atom. The molecule has 1 saturated heterocycles. The number of rotatable bonds is 4. The molecule has 0 N–H and O–H groups in total. The summed E-state index contributed by atoms with van der Waals surface area (Å²) in [5.41, 5.74) is 2.08. The number of anilines is 1. The summed E-state index contributed by atoms with van der Waals surface area (Å²) >= 11 is 0. The molecule has 24 heavy (non-hydrogen) atoms. The van der Waals surface area contributed by atoms with E-state index in [1.807, 2.05) is 42.2 Å². The minimum absolute atomic E-state index is 0.184. The van der Waals surface area contributed by atoms with Crippen LogP contribution in [0.5, 0.6) is 0 Å². The highest BCUT2D eigenvalue weighted by Gasteiger charge is 2.29. The molecule has 0 radical (unpaired) electrons. The van der Waals surface area contributed by atoms with E-state index in [9.17, 15) is 4.79 Å². The van der Waals surface area contributed by atoms with Gasteiger partial charge in [0.25, 0.3) is 0 Å². The van der Waals surface area contributed by atoms with Gasteiger partial charge in [0, 0.05) is 32.1 Å². The van der Waals surface area contributed by atoms with Crippen molar-refractivity contribution in [2.45, 2.75) is 39.3 Å². The highest BCUT2D eigenvalue weighted by atomic mass is 16.2. The Hall–Kier alpha value is -2.43. The van der Waals surface area contributed by atoms with Crippen LogP contribution >= 0.6 is 0 Å². The van der Waals surface area contributed by atoms with Crippen molar-refractivity contribution in [3.63, 3.8) is 0 Å². The second-order valence-electron chi connectivity index (χ2n) is 6.30. The average molecular weight is 324 g/mol. The van der Waals surface area contributed by atoms with Crippen molar-refractivity contribution < 1.29 is 4.79 Å². The fourth-order valence-corrected chi connectivity index (χ4v) is 3.14. The molecule has 2 aromatic rings. The summed E-state index contributed by atoms with van der Waals surface area (Å²) in [6, 6.07) is 14.3. The van der Waals surface area contributed by atoms with Gasteiger partial charge in [-0.05, 0) is 31.0 Å². The highest BCUT2D eigenvalue weighted by molar-refractivity contribution is 5.78. The molecule has 126 valence electrons. The van der Waals surface area contributed by atoms with Crippen LogP contribution in [0.3, 0.4) is 0 Å². The summed E-state index contributed by atoms with van der Waals surface area (Å²) in [7, 11) is 0. The lowest BCUT2D eigenvalue weighted by molar-refractivity contribution is -0.133. The van der Waals surface area contributed by atoms with Gasteiger partial charge in [-0.15, -0.1) is 5.10 Å². The minimum Gasteiger partial charge on any atom is -0.353 e. The molecule has 5 nitrogen and oxygen atoms in total. The molecule has 1 aliphatic rings. The molecule has 1 fully saturated rings. The Morgan fingerprint density at radius 1 is 1.12 bits per heavy atom. The highest BCUT2D eigenvalue weighted by Crippen LogP contribution is 2.21. The number of carbonyl (C=O) groups excluding carboxylic acids is 1. The number of aromatic nitrogens is 2. The van der Waals surface area contributed by atoms with Gasteiger partial charge in [-0.3, -0.25) is 4.79 Å². The molecular weight excluding hydrogens is 300 g/mol. The van der Waals surface area contributed by atoms with Crippen LogP contribution in [0.25, 0.3) is 0 Å². The first-order valence-electron chi connectivity index (χ1n) is 8.56. The molecule has 0 bridgehead atoms. The maximum atomic E-state index is 12.7. The quantitative estimate of drug-likeness (QED) is 0.868. The lowest BCUT2D eigenvalue weighted by Gasteiger charge is -2.31. The van der Waals surface area contributed by atoms with Gasteiger partial charge in [-0.2, -0.15) is 5.10 Å². The van der Waals surface area contributed by atoms with Crippen LogP contribution in [-0.4, -0.2) is 40.1 Å². The van der Waals surface area contributed by atoms with Gasteiger partial charge in [-0.25, -0.2) is 0 Å². The summed E-state index contributed by atoms with van der Waals surface area (Å²) < 4.78 is 0. The summed E-state index contributed by atoms with van der Waals surface area (Å²) in [5, 5.41) is 8.44. The van der Waals surface area contributed by atoms with E-state index in [1.165, 1.54) is 5.56 Å². The molecule has 0 aliphatic carbocycles. The van der Waals surface area contributed by atoms with E-state index in [4.69, 9.17) is 0 Å². The van der Waals surface area contributed by atoms with Crippen molar-refractivity contribution in [2.75, 3.05) is 18.0 Å². The third kappa shape index (κ3) is 3.72. The third-order valence-corrected chi connectivity index (χ3v) is 4.56. The van der Waals surface area contributed by atoms with Crippen LogP contribution in [0.2, 0.25) is 0 Å². The molecular formula is C19H24N4O. The molecule has 1 amide bonds. The average Bonchev–Trinajstić information content (AvgIpc) is 2.76. The minimum atomic E-state index is 0.184. The number of amides is 1. The predicted molar refractivity (Wildman–Crippen MR) is 94.7 cm³/mol. The van der Waals surface area contributed by atoms with Crippen LogP contribution in [0.1, 0.15) is 31.0 Å². The topological polar surface area (TPSA) is 49.3 Å². The van der Waals surface area contributed by atoms with Crippen LogP contribution in [-0.2, 0) is 11.3 Å². The normalized spacial score (nSPS) is 18.6. The van der Waals surface area contributed by atoms with Gasteiger partial charge in [0.15, 0.2) is 5.82 Å². The van der Waals surface area contributed by atoms with E-state index >= 15 is 0 Å². The molecule has 1 aliphatic heterocycles. The number of nitrogens with zero attached hydrogens (tertiary/aromatic N) is 4. The maximum Gasteiger partial charge on any atom is 0.224 e. The Bertz CT molecular complexity index is 672. The van der Waals surface area contributed by atoms with Crippen molar-refractivity contribution >= 4 is 11.7 Å². The van der Waals surface area contributed by atoms with Crippen molar-refractivity contribution in [3.8, 4) is 0 Å². The van der Waals surface area contributed by atoms with Crippen molar-refractivity contribution in [2.24, 2.45) is 0 Å². The van der Waals surface area contributed by atoms with Crippen LogP contribution in [0.4, 0.5) is 5.82 Å². The fourth-order valence-electron chi connectivity index (χ4n) is 3.14. The van der Waals surface area contributed by atoms with Gasteiger partial charge in [0.1, 0.15) is 0 Å². The lowest BCUT2D eigenvalue weighted by Crippen LogP contribution is -2.42. The molecule has 2 heterocycles. The van der Waals surface area contributed by atoms with Crippen LogP contribution < -0.4 is 4.90 Å². The zero-order valence-corrected chi connectivity index (χ0v) is 14.4. The number of aryl methyl sites for hydroxylation is 1. The summed E-state index contributed by atoms with van der Waals surface area (Å²) in [6.45, 7) is 6.23. The molecule has 1 atom stereocenters. The first kappa shape index (κ1) is 16.4. The predicted octanol–water partition coefficient (Wildman–Crippen LogP) is 2.80. The van der Waals surface area contributed by atoms with Crippen LogP contribution in [0, 0.1) is 6.92 Å². The van der Waals surface area contributed by atoms with E-state index in [2.05, 4.69) is 34.2 Å². The van der Waals surface area contributed by atoms with Gasteiger partial charge in [-0.1, -0.05) is 37.3 Å². The zero-order valence-electron chi connectivity index (χ0n) is 14.4. The van der Waals surface area contributed by atoms with E-state index in [1.54, 1.807) is 0 Å². The fraction of sp³-hybridized carbons (Fsp3) is 0.421. The Labute approximate surface area is 143 Å². The second-order valence-corrected chi connectivity index (χ2v) is 6.30. The number of benzene rings is 1. The van der Waals surface area contributed by atoms with Gasteiger partial charge < -0.3 is 9.80 Å². The number of hydrogen-bond donors (Lipinski definition) is 0. The lowest BCUT2D eigenvalue weighted by atomic mass is 10.1. The van der Waals surface area contributed by atoms with Gasteiger partial charge in [0.05, 0.1) is 5.69 Å². The monoisotopic (exact) mass is 324 g/mol. The summed E-state index contributed by atoms with van der Waals surface area (Å²) in [6.07, 6.45) is 1.44. The molecule has 1 aromatic heterocycles. The molecule has 5 heteroatoms. The maximum absolute atomic E-state index is 12.7. The van der Waals surface area contributed by atoms with Gasteiger partial charge in [0.2, 0.25) is 5.91 Å². The van der Waals surface area contributed by atoms with E-state index < -0.39 is 0 Å². The molecule has 3 rings (SSSR count). The Balaban J connectivity index is 1.79. The summed E-state index contributed by atoms with van der Waals surface area (Å²) in [5.74, 6) is 1.07. The first-order valence-corrected chi connectivity index (χ1v) is 8.56. The van der Waals surface area contributed by atoms with E-state index in [-0.39, 0.29) is 11.9 Å². The van der Waals surface area contributed by atoms with Crippen molar-refractivity contribution in [1.29, 1.82) is 0 Å². The van der Waals surface area contributed by atoms with E-state index in [0.717, 1.165) is 24.5 Å². The number of hydrogen-bond acceptors (Lipinski definition) is 4. The largest absolute Gasteiger partial charge is 0.353 e. The molecule has 0 unspecified atom stereocenters. The molecule has 0 saturated carbocycles. The number of carbonyl (C=O) groups is 1. The second kappa shape index (κ2) is 7.43. The molecule has 1 aromatic carbocycles. The zero-order chi connectivity index (χ0) is 16.9. The van der Waals surface area contributed by atoms with Crippen LogP contribution in [0.15, 0.2) is 42.5 Å². The molecule has 0 spiro atoms. The Kier molecular flexibility index (Phi) is 5.08. The van der Waals surface area contributed by atoms with E-state index in [0.29, 0.717) is 19.5 Å². The summed E-state index contributed by atoms with van der Waals surface area (Å²) in [4.78, 5) is 16.9. The first-order chi connectivity index (χ1) is 11.7. The Morgan fingerprint density at radius 3 is 2.58 bits per heavy atom. The van der Waals surface area contributed by atoms with Crippen molar-refractivity contribution in [1.82, 2.24) is 15.1 Å². The van der Waals surface area contributed by atoms with Gasteiger partial charge >= 0.3 is 0 Å². The SMILES string of the molecule is CC[C@H]1CN(c2ccc(C)nn2)CCC(=O)N1Cc1ccccc1. The smallest absolute Gasteiger partial charge is 0.224 e.